The van der Waals surface area contributed by atoms with Crippen LogP contribution in [0.15, 0.2) is 24.3 Å². The number of carbonyl (C=O) groups excluding carboxylic acids is 2. The molecule has 6 nitrogen and oxygen atoms in total. The Bertz CT molecular complexity index is 633. The van der Waals surface area contributed by atoms with Crippen LogP contribution in [0.1, 0.15) is 44.7 Å². The van der Waals surface area contributed by atoms with Gasteiger partial charge in [0.15, 0.2) is 0 Å². The van der Waals surface area contributed by atoms with Crippen molar-refractivity contribution in [3.8, 4) is 0 Å². The Kier molecular flexibility index (Phi) is 9.75. The number of halogens is 1. The average molecular weight is 410 g/mol. The first-order chi connectivity index (χ1) is 13.5. The van der Waals surface area contributed by atoms with Gasteiger partial charge in [-0.1, -0.05) is 29.8 Å². The van der Waals surface area contributed by atoms with E-state index in [2.05, 4.69) is 15.5 Å². The highest BCUT2D eigenvalue weighted by Crippen LogP contribution is 2.22. The molecule has 0 spiro atoms. The fraction of sp³-hybridized carbons (Fsp3) is 0.619. The minimum atomic E-state index is -0.138. The molecule has 0 aliphatic carbocycles. The Morgan fingerprint density at radius 3 is 2.68 bits per heavy atom. The van der Waals surface area contributed by atoms with Crippen LogP contribution >= 0.6 is 11.6 Å². The summed E-state index contributed by atoms with van der Waals surface area (Å²) >= 11 is 6.19. The molecule has 156 valence electrons. The molecule has 1 aliphatic rings. The second-order valence-electron chi connectivity index (χ2n) is 7.20. The van der Waals surface area contributed by atoms with E-state index in [9.17, 15) is 9.59 Å². The lowest BCUT2D eigenvalue weighted by molar-refractivity contribution is -0.127. The van der Waals surface area contributed by atoms with Crippen LogP contribution in [0.25, 0.3) is 0 Å². The van der Waals surface area contributed by atoms with Crippen LogP contribution in [0, 0.1) is 5.92 Å². The van der Waals surface area contributed by atoms with Gasteiger partial charge in [0.05, 0.1) is 12.6 Å². The lowest BCUT2D eigenvalue weighted by Crippen LogP contribution is -2.45. The van der Waals surface area contributed by atoms with Crippen molar-refractivity contribution in [2.24, 2.45) is 5.92 Å². The smallest absolute Gasteiger partial charge is 0.234 e. The van der Waals surface area contributed by atoms with Gasteiger partial charge >= 0.3 is 0 Å². The highest BCUT2D eigenvalue weighted by atomic mass is 35.5. The standard InChI is InChI=1S/C21H32ClN3O3/c1-3-28-14-6-11-23-21(27)17-9-12-25(13-10-17)15-20(26)24-16(2)18-7-4-5-8-19(18)22/h4-5,7-8,16-17H,3,6,9-15H2,1-2H3,(H,23,27)(H,24,26). The summed E-state index contributed by atoms with van der Waals surface area (Å²) in [5, 5.41) is 6.65. The summed E-state index contributed by atoms with van der Waals surface area (Å²) in [7, 11) is 0. The topological polar surface area (TPSA) is 70.7 Å². The summed E-state index contributed by atoms with van der Waals surface area (Å²) < 4.78 is 5.27. The fourth-order valence-electron chi connectivity index (χ4n) is 3.42. The summed E-state index contributed by atoms with van der Waals surface area (Å²) in [6, 6.07) is 7.40. The number of piperidine rings is 1. The first-order valence-corrected chi connectivity index (χ1v) is 10.5. The number of hydrogen-bond acceptors (Lipinski definition) is 4. The third-order valence-electron chi connectivity index (χ3n) is 5.04. The third-order valence-corrected chi connectivity index (χ3v) is 5.39. The maximum Gasteiger partial charge on any atom is 0.234 e. The molecule has 0 radical (unpaired) electrons. The van der Waals surface area contributed by atoms with E-state index in [0.29, 0.717) is 31.3 Å². The predicted molar refractivity (Wildman–Crippen MR) is 111 cm³/mol. The van der Waals surface area contributed by atoms with Crippen LogP contribution in [0.4, 0.5) is 0 Å². The Labute approximate surface area is 172 Å². The monoisotopic (exact) mass is 409 g/mol. The van der Waals surface area contributed by atoms with Gasteiger partial charge in [0.1, 0.15) is 0 Å². The molecule has 1 aliphatic heterocycles. The highest BCUT2D eigenvalue weighted by Gasteiger charge is 2.26. The van der Waals surface area contributed by atoms with E-state index in [1.54, 1.807) is 0 Å². The number of nitrogens with one attached hydrogen (secondary N) is 2. The third kappa shape index (κ3) is 7.41. The zero-order valence-electron chi connectivity index (χ0n) is 16.9. The van der Waals surface area contributed by atoms with E-state index < -0.39 is 0 Å². The van der Waals surface area contributed by atoms with Crippen molar-refractivity contribution in [3.63, 3.8) is 0 Å². The first-order valence-electron chi connectivity index (χ1n) is 10.1. The van der Waals surface area contributed by atoms with Gasteiger partial charge < -0.3 is 15.4 Å². The van der Waals surface area contributed by atoms with Crippen molar-refractivity contribution in [1.82, 2.24) is 15.5 Å². The van der Waals surface area contributed by atoms with Gasteiger partial charge in [-0.05, 0) is 57.8 Å². The molecule has 1 atom stereocenters. The largest absolute Gasteiger partial charge is 0.382 e. The molecular weight excluding hydrogens is 378 g/mol. The van der Waals surface area contributed by atoms with E-state index in [-0.39, 0.29) is 23.8 Å². The quantitative estimate of drug-likeness (QED) is 0.583. The minimum Gasteiger partial charge on any atom is -0.382 e. The average Bonchev–Trinajstić information content (AvgIpc) is 2.68. The molecule has 0 saturated carbocycles. The van der Waals surface area contributed by atoms with Crippen LogP contribution in [-0.2, 0) is 14.3 Å². The van der Waals surface area contributed by atoms with E-state index in [4.69, 9.17) is 16.3 Å². The van der Waals surface area contributed by atoms with Gasteiger partial charge in [0.2, 0.25) is 11.8 Å². The summed E-state index contributed by atoms with van der Waals surface area (Å²) in [4.78, 5) is 26.7. The van der Waals surface area contributed by atoms with E-state index in [1.807, 2.05) is 38.1 Å². The minimum absolute atomic E-state index is 0.0220. The summed E-state index contributed by atoms with van der Waals surface area (Å²) in [6.45, 7) is 7.79. The number of nitrogens with zero attached hydrogens (tertiary/aromatic N) is 1. The van der Waals surface area contributed by atoms with Crippen molar-refractivity contribution < 1.29 is 14.3 Å². The van der Waals surface area contributed by atoms with Crippen molar-refractivity contribution in [1.29, 1.82) is 0 Å². The lowest BCUT2D eigenvalue weighted by Gasteiger charge is -2.31. The molecule has 1 saturated heterocycles. The predicted octanol–water partition coefficient (Wildman–Crippen LogP) is 2.77. The van der Waals surface area contributed by atoms with Gasteiger partial charge in [-0.25, -0.2) is 0 Å². The zero-order valence-corrected chi connectivity index (χ0v) is 17.6. The number of amides is 2. The van der Waals surface area contributed by atoms with Gasteiger partial charge in [0, 0.05) is 30.7 Å². The summed E-state index contributed by atoms with van der Waals surface area (Å²) in [5.74, 6) is 0.132. The number of ether oxygens (including phenoxy) is 1. The van der Waals surface area contributed by atoms with E-state index in [1.165, 1.54) is 0 Å². The van der Waals surface area contributed by atoms with Crippen LogP contribution < -0.4 is 10.6 Å². The number of benzene rings is 1. The van der Waals surface area contributed by atoms with Gasteiger partial charge in [-0.2, -0.15) is 0 Å². The Morgan fingerprint density at radius 1 is 1.29 bits per heavy atom. The fourth-order valence-corrected chi connectivity index (χ4v) is 3.72. The second-order valence-corrected chi connectivity index (χ2v) is 7.61. The highest BCUT2D eigenvalue weighted by molar-refractivity contribution is 6.31. The van der Waals surface area contributed by atoms with Crippen LogP contribution in [-0.4, -0.2) is 56.1 Å². The molecule has 1 aromatic rings. The molecule has 0 aromatic heterocycles. The molecule has 1 fully saturated rings. The van der Waals surface area contributed by atoms with E-state index >= 15 is 0 Å². The molecule has 0 bridgehead atoms. The van der Waals surface area contributed by atoms with Crippen LogP contribution in [0.3, 0.4) is 0 Å². The SMILES string of the molecule is CCOCCCNC(=O)C1CCN(CC(=O)NC(C)c2ccccc2Cl)CC1. The summed E-state index contributed by atoms with van der Waals surface area (Å²) in [5.41, 5.74) is 0.914. The summed E-state index contributed by atoms with van der Waals surface area (Å²) in [6.07, 6.45) is 2.40. The number of hydrogen-bond donors (Lipinski definition) is 2. The molecular formula is C21H32ClN3O3. The van der Waals surface area contributed by atoms with Gasteiger partial charge in [-0.15, -0.1) is 0 Å². The maximum atomic E-state index is 12.4. The second kappa shape index (κ2) is 12.0. The van der Waals surface area contributed by atoms with Crippen molar-refractivity contribution >= 4 is 23.4 Å². The molecule has 1 aromatic carbocycles. The molecule has 28 heavy (non-hydrogen) atoms. The number of rotatable bonds is 10. The van der Waals surface area contributed by atoms with Gasteiger partial charge in [0.25, 0.3) is 0 Å². The van der Waals surface area contributed by atoms with E-state index in [0.717, 1.165) is 37.9 Å². The number of likely N-dealkylation sites (tertiary alicyclic amines) is 1. The maximum absolute atomic E-state index is 12.4. The molecule has 2 rings (SSSR count). The van der Waals surface area contributed by atoms with Crippen molar-refractivity contribution in [2.75, 3.05) is 39.4 Å². The zero-order chi connectivity index (χ0) is 20.4. The molecule has 1 heterocycles. The van der Waals surface area contributed by atoms with Crippen molar-refractivity contribution in [3.05, 3.63) is 34.9 Å². The first kappa shape index (κ1) is 22.7. The lowest BCUT2D eigenvalue weighted by atomic mass is 9.96. The normalized spacial score (nSPS) is 16.5. The molecule has 7 heteroatoms. The number of carbonyl (C=O) groups is 2. The van der Waals surface area contributed by atoms with Crippen LogP contribution in [0.5, 0.6) is 0 Å². The van der Waals surface area contributed by atoms with Gasteiger partial charge in [-0.3, -0.25) is 14.5 Å². The Hall–Kier alpha value is -1.63. The Morgan fingerprint density at radius 2 is 2.00 bits per heavy atom. The Balaban J connectivity index is 1.67. The van der Waals surface area contributed by atoms with Crippen molar-refractivity contribution in [2.45, 2.75) is 39.2 Å². The molecule has 2 N–H and O–H groups in total. The van der Waals surface area contributed by atoms with Crippen LogP contribution in [0.2, 0.25) is 5.02 Å². The molecule has 1 unspecified atom stereocenters. The molecule has 2 amide bonds.